The van der Waals surface area contributed by atoms with Crippen molar-refractivity contribution in [1.82, 2.24) is 15.3 Å². The summed E-state index contributed by atoms with van der Waals surface area (Å²) in [6.45, 7) is 0. The Morgan fingerprint density at radius 2 is 1.53 bits per heavy atom. The molecule has 0 aliphatic carbocycles. The number of rotatable bonds is 8. The molecule has 0 aliphatic rings. The molecule has 1 aromatic heterocycles. The number of amides is 1. The predicted octanol–water partition coefficient (Wildman–Crippen LogP) is 2.21. The summed E-state index contributed by atoms with van der Waals surface area (Å²) in [4.78, 5) is 31.7. The number of ether oxygens (including phenoxy) is 3. The van der Waals surface area contributed by atoms with Gasteiger partial charge in [-0.05, 0) is 60.7 Å². The molecule has 0 saturated carbocycles. The first kappa shape index (κ1) is 26.3. The van der Waals surface area contributed by atoms with Gasteiger partial charge in [0, 0.05) is 17.3 Å². The Kier molecular flexibility index (Phi) is 8.34. The van der Waals surface area contributed by atoms with E-state index in [9.17, 15) is 18.0 Å². The number of thiocarbonyl (C=S) groups is 1. The molecule has 3 N–H and O–H groups in total. The normalized spacial score (nSPS) is 10.6. The van der Waals surface area contributed by atoms with Gasteiger partial charge in [-0.2, -0.15) is 9.97 Å². The Balaban J connectivity index is 1.63. The van der Waals surface area contributed by atoms with Crippen molar-refractivity contribution in [3.63, 3.8) is 0 Å². The summed E-state index contributed by atoms with van der Waals surface area (Å²) in [6.07, 6.45) is 0. The number of nitrogens with one attached hydrogen (secondary N) is 3. The summed E-state index contributed by atoms with van der Waals surface area (Å²) in [7, 11) is -0.0134. The third kappa shape index (κ3) is 6.64. The van der Waals surface area contributed by atoms with E-state index in [1.54, 1.807) is 0 Å². The number of hydrogen-bond donors (Lipinski definition) is 3. The summed E-state index contributed by atoms with van der Waals surface area (Å²) >= 11 is 5.15. The number of carbonyl (C=O) groups is 2. The first-order chi connectivity index (χ1) is 17.1. The van der Waals surface area contributed by atoms with Crippen LogP contribution in [0.4, 0.5) is 11.5 Å². The average Bonchev–Trinajstić information content (AvgIpc) is 2.87. The second kappa shape index (κ2) is 11.4. The van der Waals surface area contributed by atoms with Crippen molar-refractivity contribution < 1.29 is 32.2 Å². The Morgan fingerprint density at radius 3 is 2.11 bits per heavy atom. The zero-order valence-corrected chi connectivity index (χ0v) is 20.9. The lowest BCUT2D eigenvalue weighted by Gasteiger charge is -2.12. The standard InChI is InChI=1S/C22H21N5O7S2/c1-32-18-12-17(24-21(25-18)34-3)27-36(30,31)16-10-8-15(9-11-16)23-22(35)26-19(28)13-4-6-14(7-5-13)20(29)33-2/h4-12H,1-3H3,(H,24,25,27)(H2,23,26,28,35). The molecular weight excluding hydrogens is 510 g/mol. The van der Waals surface area contributed by atoms with Crippen molar-refractivity contribution in [3.8, 4) is 11.9 Å². The molecule has 3 rings (SSSR count). The zero-order valence-electron chi connectivity index (χ0n) is 19.3. The van der Waals surface area contributed by atoms with E-state index in [1.165, 1.54) is 75.9 Å². The molecule has 0 radical (unpaired) electrons. The number of aromatic nitrogens is 2. The number of hydrogen-bond acceptors (Lipinski definition) is 10. The quantitative estimate of drug-likeness (QED) is 0.289. The van der Waals surface area contributed by atoms with Gasteiger partial charge in [-0.25, -0.2) is 13.2 Å². The fourth-order valence-electron chi connectivity index (χ4n) is 2.78. The monoisotopic (exact) mass is 531 g/mol. The highest BCUT2D eigenvalue weighted by molar-refractivity contribution is 7.92. The SMILES string of the molecule is COC(=O)c1ccc(C(=O)NC(=S)Nc2ccc(S(=O)(=O)Nc3cc(OC)nc(OC)n3)cc2)cc1. The number of benzene rings is 2. The van der Waals surface area contributed by atoms with Crippen molar-refractivity contribution in [2.24, 2.45) is 0 Å². The fourth-order valence-corrected chi connectivity index (χ4v) is 3.98. The van der Waals surface area contributed by atoms with E-state index in [-0.39, 0.29) is 33.3 Å². The second-order valence-corrected chi connectivity index (χ2v) is 8.98. The number of methoxy groups -OCH3 is 3. The predicted molar refractivity (Wildman–Crippen MR) is 134 cm³/mol. The van der Waals surface area contributed by atoms with Gasteiger partial charge in [0.2, 0.25) is 5.88 Å². The highest BCUT2D eigenvalue weighted by atomic mass is 32.2. The third-order valence-electron chi connectivity index (χ3n) is 4.53. The number of carbonyl (C=O) groups excluding carboxylic acids is 2. The lowest BCUT2D eigenvalue weighted by Crippen LogP contribution is -2.34. The van der Waals surface area contributed by atoms with Crippen LogP contribution in [0.15, 0.2) is 59.5 Å². The minimum atomic E-state index is -3.99. The fraction of sp³-hybridized carbons (Fsp3) is 0.136. The van der Waals surface area contributed by atoms with Crippen molar-refractivity contribution >= 4 is 50.7 Å². The number of nitrogens with zero attached hydrogens (tertiary/aromatic N) is 2. The van der Waals surface area contributed by atoms with Gasteiger partial charge >= 0.3 is 12.0 Å². The number of sulfonamides is 1. The van der Waals surface area contributed by atoms with E-state index in [1.807, 2.05) is 0 Å². The van der Waals surface area contributed by atoms with E-state index >= 15 is 0 Å². The van der Waals surface area contributed by atoms with Crippen molar-refractivity contribution in [2.75, 3.05) is 31.4 Å². The lowest BCUT2D eigenvalue weighted by molar-refractivity contribution is 0.0600. The van der Waals surface area contributed by atoms with Gasteiger partial charge in [-0.1, -0.05) is 0 Å². The Morgan fingerprint density at radius 1 is 0.889 bits per heavy atom. The largest absolute Gasteiger partial charge is 0.481 e. The van der Waals surface area contributed by atoms with Crippen molar-refractivity contribution in [1.29, 1.82) is 0 Å². The van der Waals surface area contributed by atoms with Crippen molar-refractivity contribution in [3.05, 3.63) is 65.7 Å². The summed E-state index contributed by atoms with van der Waals surface area (Å²) in [5.41, 5.74) is 1.01. The van der Waals surface area contributed by atoms with Crippen molar-refractivity contribution in [2.45, 2.75) is 4.90 Å². The molecule has 188 valence electrons. The maximum Gasteiger partial charge on any atom is 0.337 e. The van der Waals surface area contributed by atoms with Crippen LogP contribution in [0.1, 0.15) is 20.7 Å². The van der Waals surface area contributed by atoms with Crippen LogP contribution in [0.5, 0.6) is 11.9 Å². The zero-order chi connectivity index (χ0) is 26.3. The third-order valence-corrected chi connectivity index (χ3v) is 6.11. The molecule has 0 spiro atoms. The van der Waals surface area contributed by atoms with E-state index in [0.29, 0.717) is 11.3 Å². The minimum absolute atomic E-state index is 0.00838. The molecule has 14 heteroatoms. The molecule has 0 saturated heterocycles. The first-order valence-electron chi connectivity index (χ1n) is 10.1. The Bertz CT molecular complexity index is 1360. The molecule has 0 atom stereocenters. The highest BCUT2D eigenvalue weighted by Gasteiger charge is 2.17. The number of esters is 1. The highest BCUT2D eigenvalue weighted by Crippen LogP contribution is 2.21. The Labute approximate surface area is 212 Å². The molecule has 0 unspecified atom stereocenters. The molecule has 2 aromatic carbocycles. The van der Waals surface area contributed by atoms with Crippen LogP contribution >= 0.6 is 12.2 Å². The van der Waals surface area contributed by atoms with Gasteiger partial charge in [-0.3, -0.25) is 14.8 Å². The first-order valence-corrected chi connectivity index (χ1v) is 11.9. The molecule has 1 heterocycles. The average molecular weight is 532 g/mol. The van der Waals surface area contributed by atoms with Crippen LogP contribution in [0.2, 0.25) is 0 Å². The molecule has 12 nitrogen and oxygen atoms in total. The molecule has 36 heavy (non-hydrogen) atoms. The van der Waals surface area contributed by atoms with Gasteiger partial charge in [0.15, 0.2) is 10.9 Å². The molecule has 1 amide bonds. The smallest absolute Gasteiger partial charge is 0.337 e. The maximum absolute atomic E-state index is 12.7. The molecule has 0 bridgehead atoms. The van der Waals surface area contributed by atoms with Gasteiger partial charge in [-0.15, -0.1) is 0 Å². The topological polar surface area (TPSA) is 158 Å². The van der Waals surface area contributed by atoms with E-state index in [0.717, 1.165) is 0 Å². The molecule has 3 aromatic rings. The van der Waals surface area contributed by atoms with Gasteiger partial charge < -0.3 is 19.5 Å². The van der Waals surface area contributed by atoms with Gasteiger partial charge in [0.05, 0.1) is 31.8 Å². The van der Waals surface area contributed by atoms with E-state index < -0.39 is 21.9 Å². The van der Waals surface area contributed by atoms with Crippen LogP contribution < -0.4 is 24.8 Å². The minimum Gasteiger partial charge on any atom is -0.481 e. The van der Waals surface area contributed by atoms with Crippen LogP contribution in [-0.4, -0.2) is 56.7 Å². The molecule has 0 fully saturated rings. The Hall–Kier alpha value is -4.30. The summed E-state index contributed by atoms with van der Waals surface area (Å²) in [5, 5.41) is 5.29. The van der Waals surface area contributed by atoms with Gasteiger partial charge in [0.25, 0.3) is 15.9 Å². The summed E-state index contributed by atoms with van der Waals surface area (Å²) in [5.74, 6) is -0.933. The van der Waals surface area contributed by atoms with Crippen LogP contribution in [-0.2, 0) is 14.8 Å². The lowest BCUT2D eigenvalue weighted by atomic mass is 10.1. The maximum atomic E-state index is 12.7. The van der Waals surface area contributed by atoms with Gasteiger partial charge in [0.1, 0.15) is 0 Å². The number of anilines is 2. The molecule has 0 aliphatic heterocycles. The second-order valence-electron chi connectivity index (χ2n) is 6.89. The van der Waals surface area contributed by atoms with Crippen LogP contribution in [0.25, 0.3) is 0 Å². The van der Waals surface area contributed by atoms with Crippen LogP contribution in [0.3, 0.4) is 0 Å². The summed E-state index contributed by atoms with van der Waals surface area (Å²) < 4.78 is 42.4. The van der Waals surface area contributed by atoms with Crippen LogP contribution in [0, 0.1) is 0 Å². The van der Waals surface area contributed by atoms with E-state index in [4.69, 9.17) is 21.7 Å². The molecular formula is C22H21N5O7S2. The van der Waals surface area contributed by atoms with E-state index in [2.05, 4.69) is 30.1 Å². The summed E-state index contributed by atoms with van der Waals surface area (Å²) in [6, 6.07) is 12.7.